The summed E-state index contributed by atoms with van der Waals surface area (Å²) in [4.78, 5) is 2.30. The minimum Gasteiger partial charge on any atom is -0.393 e. The first-order valence-electron chi connectivity index (χ1n) is 5.60. The van der Waals surface area contributed by atoms with Crippen molar-refractivity contribution in [1.29, 1.82) is 0 Å². The lowest BCUT2D eigenvalue weighted by atomic mass is 9.94. The Morgan fingerprint density at radius 3 is 2.93 bits per heavy atom. The van der Waals surface area contributed by atoms with Crippen molar-refractivity contribution < 1.29 is 5.11 Å². The van der Waals surface area contributed by atoms with Crippen molar-refractivity contribution in [1.82, 2.24) is 0 Å². The summed E-state index contributed by atoms with van der Waals surface area (Å²) in [6.07, 6.45) is 0.510. The van der Waals surface area contributed by atoms with Gasteiger partial charge >= 0.3 is 0 Å². The summed E-state index contributed by atoms with van der Waals surface area (Å²) < 4.78 is 0. The Balaban J connectivity index is 2.41. The molecule has 1 aromatic rings. The number of benzene rings is 1. The van der Waals surface area contributed by atoms with Gasteiger partial charge < -0.3 is 10.0 Å². The number of fused-ring (bicyclic) bond motifs is 1. The summed E-state index contributed by atoms with van der Waals surface area (Å²) in [5.74, 6) is 0.583. The van der Waals surface area contributed by atoms with Crippen LogP contribution in [0.25, 0.3) is 0 Å². The van der Waals surface area contributed by atoms with Gasteiger partial charge in [0.1, 0.15) is 0 Å². The van der Waals surface area contributed by atoms with Gasteiger partial charge in [0, 0.05) is 25.2 Å². The zero-order valence-electron chi connectivity index (χ0n) is 9.70. The van der Waals surface area contributed by atoms with Crippen LogP contribution in [0.3, 0.4) is 0 Å². The van der Waals surface area contributed by atoms with Gasteiger partial charge in [0.15, 0.2) is 0 Å². The zero-order chi connectivity index (χ0) is 11.0. The molecular formula is C13H19NO. The molecule has 2 heteroatoms. The number of rotatable bonds is 2. The van der Waals surface area contributed by atoms with Crippen LogP contribution in [0.15, 0.2) is 18.2 Å². The van der Waals surface area contributed by atoms with Gasteiger partial charge in [0.25, 0.3) is 0 Å². The third-order valence-corrected chi connectivity index (χ3v) is 3.14. The van der Waals surface area contributed by atoms with Crippen molar-refractivity contribution >= 4 is 5.69 Å². The van der Waals surface area contributed by atoms with Crippen LogP contribution in [0, 0.1) is 0 Å². The summed E-state index contributed by atoms with van der Waals surface area (Å²) in [7, 11) is 2.13. The van der Waals surface area contributed by atoms with Crippen LogP contribution < -0.4 is 4.90 Å². The summed E-state index contributed by atoms with van der Waals surface area (Å²) in [5, 5.41) is 9.48. The Hall–Kier alpha value is -1.02. The highest BCUT2D eigenvalue weighted by Gasteiger charge is 2.25. The van der Waals surface area contributed by atoms with E-state index in [9.17, 15) is 5.11 Å². The smallest absolute Gasteiger partial charge is 0.0552 e. The second-order valence-electron chi connectivity index (χ2n) is 4.68. The first-order valence-corrected chi connectivity index (χ1v) is 5.60. The van der Waals surface area contributed by atoms with E-state index < -0.39 is 0 Å². The molecular weight excluding hydrogens is 186 g/mol. The van der Waals surface area contributed by atoms with Crippen LogP contribution in [-0.4, -0.2) is 24.8 Å². The molecule has 1 N–H and O–H groups in total. The van der Waals surface area contributed by atoms with Crippen LogP contribution >= 0.6 is 0 Å². The Kier molecular flexibility index (Phi) is 2.70. The van der Waals surface area contributed by atoms with Crippen molar-refractivity contribution in [3.63, 3.8) is 0 Å². The van der Waals surface area contributed by atoms with E-state index in [4.69, 9.17) is 0 Å². The van der Waals surface area contributed by atoms with Gasteiger partial charge in [0.05, 0.1) is 6.10 Å². The van der Waals surface area contributed by atoms with Crippen molar-refractivity contribution in [3.05, 3.63) is 29.3 Å². The third kappa shape index (κ3) is 1.86. The number of aliphatic hydroxyl groups is 1. The zero-order valence-corrected chi connectivity index (χ0v) is 9.70. The summed E-state index contributed by atoms with van der Waals surface area (Å²) in [6.45, 7) is 5.20. The minimum absolute atomic E-state index is 0.255. The predicted molar refractivity (Wildman–Crippen MR) is 63.5 cm³/mol. The average molecular weight is 205 g/mol. The Labute approximate surface area is 91.5 Å². The van der Waals surface area contributed by atoms with Crippen LogP contribution in [0.1, 0.15) is 30.9 Å². The molecule has 1 heterocycles. The molecule has 2 unspecified atom stereocenters. The molecule has 1 aliphatic rings. The number of aliphatic hydroxyl groups excluding tert-OH is 1. The normalized spacial score (nSPS) is 21.6. The van der Waals surface area contributed by atoms with Crippen LogP contribution in [0.2, 0.25) is 0 Å². The molecule has 1 aliphatic heterocycles. The molecule has 2 rings (SSSR count). The van der Waals surface area contributed by atoms with Gasteiger partial charge in [-0.15, -0.1) is 0 Å². The Bertz CT molecular complexity index is 360. The lowest BCUT2D eigenvalue weighted by molar-refractivity contribution is 0.195. The lowest BCUT2D eigenvalue weighted by Gasteiger charge is -2.14. The molecule has 0 saturated carbocycles. The van der Waals surface area contributed by atoms with E-state index in [1.807, 2.05) is 6.92 Å². The van der Waals surface area contributed by atoms with E-state index in [-0.39, 0.29) is 6.10 Å². The quantitative estimate of drug-likeness (QED) is 0.799. The molecule has 0 fully saturated rings. The molecule has 2 nitrogen and oxygen atoms in total. The number of anilines is 1. The minimum atomic E-state index is -0.255. The van der Waals surface area contributed by atoms with Crippen molar-refractivity contribution in [2.24, 2.45) is 0 Å². The highest BCUT2D eigenvalue weighted by atomic mass is 16.3. The average Bonchev–Trinajstić information content (AvgIpc) is 2.43. The molecule has 0 amide bonds. The van der Waals surface area contributed by atoms with Gasteiger partial charge in [-0.3, -0.25) is 0 Å². The fourth-order valence-corrected chi connectivity index (χ4v) is 2.60. The summed E-state index contributed by atoms with van der Waals surface area (Å²) in [5.41, 5.74) is 4.07. The lowest BCUT2D eigenvalue weighted by Crippen LogP contribution is -2.13. The molecule has 0 radical (unpaired) electrons. The summed E-state index contributed by atoms with van der Waals surface area (Å²) >= 11 is 0. The number of nitrogens with zero attached hydrogens (tertiary/aromatic N) is 1. The van der Waals surface area contributed by atoms with Gasteiger partial charge in [0.2, 0.25) is 0 Å². The molecule has 0 bridgehead atoms. The van der Waals surface area contributed by atoms with E-state index >= 15 is 0 Å². The maximum absolute atomic E-state index is 9.48. The van der Waals surface area contributed by atoms with Crippen LogP contribution in [0.4, 0.5) is 5.69 Å². The fraction of sp³-hybridized carbons (Fsp3) is 0.538. The summed E-state index contributed by atoms with van der Waals surface area (Å²) in [6, 6.07) is 6.40. The van der Waals surface area contributed by atoms with Gasteiger partial charge in [-0.2, -0.15) is 0 Å². The van der Waals surface area contributed by atoms with E-state index in [0.29, 0.717) is 5.92 Å². The third-order valence-electron chi connectivity index (χ3n) is 3.14. The number of hydrogen-bond donors (Lipinski definition) is 1. The molecule has 2 atom stereocenters. The molecule has 82 valence electrons. The monoisotopic (exact) mass is 205 g/mol. The molecule has 0 saturated heterocycles. The standard InChI is InChI=1S/C13H19NO/c1-9-8-14(3)12-6-4-5-11(13(9)12)7-10(2)15/h4-6,9-10,15H,7-8H2,1-3H3. The molecule has 1 aromatic carbocycles. The van der Waals surface area contributed by atoms with Crippen molar-refractivity contribution in [2.45, 2.75) is 32.3 Å². The molecule has 15 heavy (non-hydrogen) atoms. The van der Waals surface area contributed by atoms with Gasteiger partial charge in [-0.25, -0.2) is 0 Å². The highest BCUT2D eigenvalue weighted by molar-refractivity contribution is 5.62. The number of likely N-dealkylation sites (N-methyl/N-ethyl adjacent to an activating group) is 1. The molecule has 0 aliphatic carbocycles. The Morgan fingerprint density at radius 1 is 1.53 bits per heavy atom. The molecule has 0 spiro atoms. The highest BCUT2D eigenvalue weighted by Crippen LogP contribution is 2.37. The second kappa shape index (κ2) is 3.86. The van der Waals surface area contributed by atoms with E-state index in [1.165, 1.54) is 16.8 Å². The van der Waals surface area contributed by atoms with Crippen LogP contribution in [-0.2, 0) is 6.42 Å². The van der Waals surface area contributed by atoms with E-state index in [0.717, 1.165) is 13.0 Å². The van der Waals surface area contributed by atoms with Crippen molar-refractivity contribution in [2.75, 3.05) is 18.5 Å². The largest absolute Gasteiger partial charge is 0.393 e. The SMILES string of the molecule is CC(O)Cc1cccc2c1C(C)CN2C. The van der Waals surface area contributed by atoms with Crippen molar-refractivity contribution in [3.8, 4) is 0 Å². The predicted octanol–water partition coefficient (Wildman–Crippen LogP) is 2.16. The number of hydrogen-bond acceptors (Lipinski definition) is 2. The Morgan fingerprint density at radius 2 is 2.27 bits per heavy atom. The molecule has 0 aromatic heterocycles. The maximum Gasteiger partial charge on any atom is 0.0552 e. The first-order chi connectivity index (χ1) is 7.09. The van der Waals surface area contributed by atoms with E-state index in [1.54, 1.807) is 0 Å². The first kappa shape index (κ1) is 10.5. The van der Waals surface area contributed by atoms with Crippen LogP contribution in [0.5, 0.6) is 0 Å². The second-order valence-corrected chi connectivity index (χ2v) is 4.68. The fourth-order valence-electron chi connectivity index (χ4n) is 2.60. The maximum atomic E-state index is 9.48. The van der Waals surface area contributed by atoms with Gasteiger partial charge in [-0.1, -0.05) is 19.1 Å². The van der Waals surface area contributed by atoms with Gasteiger partial charge in [-0.05, 0) is 30.5 Å². The topological polar surface area (TPSA) is 23.5 Å². The van der Waals surface area contributed by atoms with E-state index in [2.05, 4.69) is 37.1 Å².